The molecule has 7 nitrogen and oxygen atoms in total. The van der Waals surface area contributed by atoms with E-state index in [1.165, 1.54) is 4.90 Å². The van der Waals surface area contributed by atoms with Gasteiger partial charge in [-0.05, 0) is 52.2 Å². The summed E-state index contributed by atoms with van der Waals surface area (Å²) in [6.45, 7) is 10.4. The molecule has 192 valence electrons. The van der Waals surface area contributed by atoms with Gasteiger partial charge in [0, 0.05) is 22.5 Å². The van der Waals surface area contributed by atoms with Crippen molar-refractivity contribution in [3.05, 3.63) is 68.7 Å². The maximum atomic E-state index is 13.2. The molecule has 0 unspecified atom stereocenters. The second kappa shape index (κ2) is 11.7. The molecule has 0 atom stereocenters. The molecule has 0 spiro atoms. The summed E-state index contributed by atoms with van der Waals surface area (Å²) in [6.07, 6.45) is 0. The molecule has 3 rings (SSSR count). The lowest BCUT2D eigenvalue weighted by molar-refractivity contribution is -0.116. The van der Waals surface area contributed by atoms with Crippen molar-refractivity contribution >= 4 is 62.6 Å². The highest BCUT2D eigenvalue weighted by atomic mass is 79.9. The zero-order valence-electron chi connectivity index (χ0n) is 20.9. The van der Waals surface area contributed by atoms with Crippen molar-refractivity contribution in [1.82, 2.24) is 14.7 Å². The topological polar surface area (TPSA) is 79.3 Å². The Hall–Kier alpha value is -2.55. The van der Waals surface area contributed by atoms with Crippen LogP contribution in [0, 0.1) is 5.92 Å². The molecule has 3 amide bonds. The van der Waals surface area contributed by atoms with E-state index in [1.807, 2.05) is 58.9 Å². The minimum absolute atomic E-state index is 0.133. The molecule has 0 aliphatic carbocycles. The van der Waals surface area contributed by atoms with Gasteiger partial charge in [0.2, 0.25) is 5.91 Å². The summed E-state index contributed by atoms with van der Waals surface area (Å²) in [5.41, 5.74) is 1.81. The lowest BCUT2D eigenvalue weighted by Crippen LogP contribution is -2.42. The zero-order valence-corrected chi connectivity index (χ0v) is 24.0. The van der Waals surface area contributed by atoms with Gasteiger partial charge in [-0.15, -0.1) is 0 Å². The molecule has 10 heteroatoms. The van der Waals surface area contributed by atoms with Crippen LogP contribution in [0.1, 0.15) is 40.3 Å². The largest absolute Gasteiger partial charge is 0.322 e. The number of hydrogen-bond donors (Lipinski definition) is 2. The molecule has 0 saturated carbocycles. The molecule has 0 saturated heterocycles. The summed E-state index contributed by atoms with van der Waals surface area (Å²) >= 11 is 15.8. The van der Waals surface area contributed by atoms with E-state index in [0.717, 1.165) is 10.2 Å². The molecule has 1 heterocycles. The lowest BCUT2D eigenvalue weighted by atomic mass is 9.92. The van der Waals surface area contributed by atoms with Crippen molar-refractivity contribution in [2.24, 2.45) is 5.92 Å². The van der Waals surface area contributed by atoms with Gasteiger partial charge < -0.3 is 15.5 Å². The second-order valence-electron chi connectivity index (χ2n) is 9.91. The van der Waals surface area contributed by atoms with Crippen LogP contribution in [-0.2, 0) is 10.2 Å². The van der Waals surface area contributed by atoms with Crippen LogP contribution in [0.25, 0.3) is 5.69 Å². The molecular formula is C26H30BrCl2N5O2. The first-order valence-electron chi connectivity index (χ1n) is 11.5. The summed E-state index contributed by atoms with van der Waals surface area (Å²) in [7, 11) is 0. The predicted octanol–water partition coefficient (Wildman–Crippen LogP) is 7.37. The smallest absolute Gasteiger partial charge is 0.315 e. The monoisotopic (exact) mass is 593 g/mol. The van der Waals surface area contributed by atoms with E-state index < -0.39 is 0 Å². The number of benzene rings is 2. The van der Waals surface area contributed by atoms with Crippen LogP contribution in [-0.4, -0.2) is 39.7 Å². The highest BCUT2D eigenvalue weighted by molar-refractivity contribution is 9.10. The molecule has 0 fully saturated rings. The molecule has 0 radical (unpaired) electrons. The first-order chi connectivity index (χ1) is 16.8. The van der Waals surface area contributed by atoms with Gasteiger partial charge in [-0.1, -0.05) is 70.0 Å². The quantitative estimate of drug-likeness (QED) is 0.300. The molecule has 0 aliphatic heterocycles. The maximum absolute atomic E-state index is 13.2. The summed E-state index contributed by atoms with van der Waals surface area (Å²) < 4.78 is 2.38. The van der Waals surface area contributed by atoms with E-state index in [2.05, 4.69) is 26.6 Å². The number of para-hydroxylation sites is 1. The second-order valence-corrected chi connectivity index (χ2v) is 11.6. The van der Waals surface area contributed by atoms with Crippen molar-refractivity contribution in [3.63, 3.8) is 0 Å². The van der Waals surface area contributed by atoms with Gasteiger partial charge in [0.1, 0.15) is 12.4 Å². The number of nitrogens with one attached hydrogen (secondary N) is 2. The third kappa shape index (κ3) is 7.24. The SMILES string of the molecule is CC(C)CN(CC(=O)Nc1cc(C(C)(C)C)nn1-c1ccc(Cl)c(Cl)c1)C(=O)Nc1ccccc1Br. The number of anilines is 2. The third-order valence-electron chi connectivity index (χ3n) is 5.22. The normalized spacial score (nSPS) is 11.5. The molecular weight excluding hydrogens is 565 g/mol. The van der Waals surface area contributed by atoms with Gasteiger partial charge >= 0.3 is 6.03 Å². The van der Waals surface area contributed by atoms with Crippen LogP contribution in [0.2, 0.25) is 10.0 Å². The van der Waals surface area contributed by atoms with E-state index in [1.54, 1.807) is 28.9 Å². The highest BCUT2D eigenvalue weighted by Crippen LogP contribution is 2.29. The fraction of sp³-hybridized carbons (Fsp3) is 0.346. The molecule has 2 aromatic carbocycles. The molecule has 1 aromatic heterocycles. The van der Waals surface area contributed by atoms with Crippen molar-refractivity contribution in [1.29, 1.82) is 0 Å². The van der Waals surface area contributed by atoms with E-state index in [0.29, 0.717) is 33.8 Å². The van der Waals surface area contributed by atoms with Crippen LogP contribution >= 0.6 is 39.1 Å². The van der Waals surface area contributed by atoms with Crippen molar-refractivity contribution in [2.75, 3.05) is 23.7 Å². The first kappa shape index (κ1) is 28.0. The van der Waals surface area contributed by atoms with Gasteiger partial charge in [0.25, 0.3) is 0 Å². The number of urea groups is 1. The van der Waals surface area contributed by atoms with Crippen LogP contribution < -0.4 is 10.6 Å². The standard InChI is InChI=1S/C26H30BrCl2N5O2/c1-16(2)14-33(25(36)30-21-9-7-6-8-18(21)27)15-24(35)31-23-13-22(26(3,4)5)32-34(23)17-10-11-19(28)20(29)12-17/h6-13,16H,14-15H2,1-5H3,(H,30,36)(H,31,35). The number of aromatic nitrogens is 2. The minimum Gasteiger partial charge on any atom is -0.315 e. The highest BCUT2D eigenvalue weighted by Gasteiger charge is 2.24. The summed E-state index contributed by atoms with van der Waals surface area (Å²) in [5, 5.41) is 11.3. The molecule has 2 N–H and O–H groups in total. The number of halogens is 3. The van der Waals surface area contributed by atoms with Gasteiger partial charge in [0.05, 0.1) is 27.1 Å². The average molecular weight is 595 g/mol. The Labute approximate surface area is 230 Å². The Morgan fingerprint density at radius 3 is 2.36 bits per heavy atom. The number of rotatable bonds is 7. The third-order valence-corrected chi connectivity index (χ3v) is 6.65. The Bertz CT molecular complexity index is 1250. The van der Waals surface area contributed by atoms with Crippen molar-refractivity contribution in [3.8, 4) is 5.69 Å². The fourth-order valence-electron chi connectivity index (χ4n) is 3.42. The summed E-state index contributed by atoms with van der Waals surface area (Å²) in [6, 6.07) is 13.9. The molecule has 3 aromatic rings. The van der Waals surface area contributed by atoms with Gasteiger partial charge in [-0.3, -0.25) is 4.79 Å². The van der Waals surface area contributed by atoms with Crippen LogP contribution in [0.3, 0.4) is 0 Å². The number of carbonyl (C=O) groups excluding carboxylic acids is 2. The summed E-state index contributed by atoms with van der Waals surface area (Å²) in [4.78, 5) is 27.7. The van der Waals surface area contributed by atoms with E-state index in [4.69, 9.17) is 28.3 Å². The van der Waals surface area contributed by atoms with Crippen LogP contribution in [0.4, 0.5) is 16.3 Å². The van der Waals surface area contributed by atoms with Crippen molar-refractivity contribution in [2.45, 2.75) is 40.0 Å². The Morgan fingerprint density at radius 2 is 1.75 bits per heavy atom. The Kier molecular flexibility index (Phi) is 9.08. The molecule has 0 aliphatic rings. The van der Waals surface area contributed by atoms with E-state index in [-0.39, 0.29) is 29.8 Å². The number of carbonyl (C=O) groups is 2. The maximum Gasteiger partial charge on any atom is 0.322 e. The zero-order chi connectivity index (χ0) is 26.6. The van der Waals surface area contributed by atoms with Gasteiger partial charge in [-0.25, -0.2) is 9.48 Å². The number of amides is 3. The number of hydrogen-bond acceptors (Lipinski definition) is 3. The first-order valence-corrected chi connectivity index (χ1v) is 13.1. The van der Waals surface area contributed by atoms with E-state index >= 15 is 0 Å². The van der Waals surface area contributed by atoms with Crippen LogP contribution in [0.5, 0.6) is 0 Å². The van der Waals surface area contributed by atoms with E-state index in [9.17, 15) is 9.59 Å². The molecule has 36 heavy (non-hydrogen) atoms. The van der Waals surface area contributed by atoms with Crippen LogP contribution in [0.15, 0.2) is 53.0 Å². The Morgan fingerprint density at radius 1 is 1.06 bits per heavy atom. The van der Waals surface area contributed by atoms with Gasteiger partial charge in [0.15, 0.2) is 0 Å². The number of nitrogens with zero attached hydrogens (tertiary/aromatic N) is 3. The minimum atomic E-state index is -0.362. The summed E-state index contributed by atoms with van der Waals surface area (Å²) in [5.74, 6) is 0.288. The lowest BCUT2D eigenvalue weighted by Gasteiger charge is -2.24. The average Bonchev–Trinajstić information content (AvgIpc) is 3.20. The predicted molar refractivity (Wildman–Crippen MR) is 150 cm³/mol. The fourth-order valence-corrected chi connectivity index (χ4v) is 4.10. The molecule has 0 bridgehead atoms. The Balaban J connectivity index is 1.85. The van der Waals surface area contributed by atoms with Gasteiger partial charge in [-0.2, -0.15) is 5.10 Å². The van der Waals surface area contributed by atoms with Crippen molar-refractivity contribution < 1.29 is 9.59 Å².